The van der Waals surface area contributed by atoms with Gasteiger partial charge in [0.1, 0.15) is 5.82 Å². The van der Waals surface area contributed by atoms with Crippen LogP contribution in [0.15, 0.2) is 0 Å². The van der Waals surface area contributed by atoms with Crippen LogP contribution in [0.5, 0.6) is 0 Å². The van der Waals surface area contributed by atoms with Gasteiger partial charge in [0.05, 0.1) is 0 Å². The molecule has 4 nitrogen and oxygen atoms in total. The standard InChI is InChI=1S/C12H21N3OS/c1-8(2)11-14-12(17-15-11)13-10-5-3-4-9(10)6-7-16/h8-10,16H,3-7H2,1-2H3,(H,13,14,15). The summed E-state index contributed by atoms with van der Waals surface area (Å²) in [6.07, 6.45) is 4.54. The monoisotopic (exact) mass is 255 g/mol. The van der Waals surface area contributed by atoms with Gasteiger partial charge in [-0.25, -0.2) is 4.98 Å². The Labute approximate surface area is 107 Å². The van der Waals surface area contributed by atoms with E-state index in [0.29, 0.717) is 17.9 Å². The van der Waals surface area contributed by atoms with Crippen molar-refractivity contribution in [1.82, 2.24) is 9.36 Å². The molecule has 1 saturated carbocycles. The normalized spacial score (nSPS) is 24.5. The number of nitrogens with one attached hydrogen (secondary N) is 1. The lowest BCUT2D eigenvalue weighted by atomic mass is 10.0. The summed E-state index contributed by atoms with van der Waals surface area (Å²) in [5.41, 5.74) is 0. The summed E-state index contributed by atoms with van der Waals surface area (Å²) >= 11 is 1.45. The van der Waals surface area contributed by atoms with Crippen molar-refractivity contribution in [3.8, 4) is 0 Å². The summed E-state index contributed by atoms with van der Waals surface area (Å²) in [5, 5.41) is 13.5. The third-order valence-electron chi connectivity index (χ3n) is 3.43. The Morgan fingerprint density at radius 1 is 1.47 bits per heavy atom. The molecule has 1 aliphatic carbocycles. The van der Waals surface area contributed by atoms with E-state index in [9.17, 15) is 0 Å². The van der Waals surface area contributed by atoms with Gasteiger partial charge >= 0.3 is 0 Å². The van der Waals surface area contributed by atoms with Gasteiger partial charge in [0.2, 0.25) is 5.13 Å². The molecule has 2 atom stereocenters. The highest BCUT2D eigenvalue weighted by atomic mass is 32.1. The predicted molar refractivity (Wildman–Crippen MR) is 70.5 cm³/mol. The van der Waals surface area contributed by atoms with Crippen molar-refractivity contribution in [2.24, 2.45) is 5.92 Å². The molecule has 2 rings (SSSR count). The van der Waals surface area contributed by atoms with Crippen LogP contribution < -0.4 is 5.32 Å². The third-order valence-corrected chi connectivity index (χ3v) is 4.09. The van der Waals surface area contributed by atoms with Crippen LogP contribution in [-0.4, -0.2) is 27.1 Å². The van der Waals surface area contributed by atoms with Crippen LogP contribution in [0.1, 0.15) is 51.3 Å². The summed E-state index contributed by atoms with van der Waals surface area (Å²) in [6.45, 7) is 4.50. The Morgan fingerprint density at radius 3 is 2.94 bits per heavy atom. The van der Waals surface area contributed by atoms with E-state index in [0.717, 1.165) is 17.4 Å². The van der Waals surface area contributed by atoms with Crippen molar-refractivity contribution >= 4 is 16.7 Å². The zero-order chi connectivity index (χ0) is 12.3. The van der Waals surface area contributed by atoms with Crippen LogP contribution in [0, 0.1) is 5.92 Å². The second-order valence-corrected chi connectivity index (χ2v) is 5.82. The van der Waals surface area contributed by atoms with E-state index in [-0.39, 0.29) is 6.61 Å². The molecule has 1 aromatic heterocycles. The molecule has 17 heavy (non-hydrogen) atoms. The highest BCUT2D eigenvalue weighted by Gasteiger charge is 2.27. The van der Waals surface area contributed by atoms with Crippen molar-refractivity contribution in [3.63, 3.8) is 0 Å². The van der Waals surface area contributed by atoms with Crippen LogP contribution in [0.2, 0.25) is 0 Å². The minimum Gasteiger partial charge on any atom is -0.396 e. The summed E-state index contributed by atoms with van der Waals surface area (Å²) in [5.74, 6) is 1.90. The van der Waals surface area contributed by atoms with Gasteiger partial charge in [0.25, 0.3) is 0 Å². The Bertz CT molecular complexity index is 353. The zero-order valence-electron chi connectivity index (χ0n) is 10.5. The van der Waals surface area contributed by atoms with E-state index in [1.165, 1.54) is 30.8 Å². The van der Waals surface area contributed by atoms with Crippen molar-refractivity contribution in [1.29, 1.82) is 0 Å². The summed E-state index contributed by atoms with van der Waals surface area (Å²) in [6, 6.07) is 0.468. The van der Waals surface area contributed by atoms with Crippen LogP contribution >= 0.6 is 11.5 Å². The lowest BCUT2D eigenvalue weighted by Gasteiger charge is -2.19. The van der Waals surface area contributed by atoms with Crippen molar-refractivity contribution in [3.05, 3.63) is 5.82 Å². The molecule has 1 heterocycles. The molecular weight excluding hydrogens is 234 g/mol. The van der Waals surface area contributed by atoms with Gasteiger partial charge in [-0.15, -0.1) is 0 Å². The van der Waals surface area contributed by atoms with E-state index in [2.05, 4.69) is 28.5 Å². The molecule has 0 saturated heterocycles. The molecule has 1 aliphatic rings. The molecule has 1 fully saturated rings. The van der Waals surface area contributed by atoms with Gasteiger partial charge < -0.3 is 10.4 Å². The molecule has 0 spiro atoms. The maximum Gasteiger partial charge on any atom is 0.202 e. The van der Waals surface area contributed by atoms with E-state index < -0.39 is 0 Å². The molecule has 2 N–H and O–H groups in total. The van der Waals surface area contributed by atoms with Crippen LogP contribution in [-0.2, 0) is 0 Å². The molecule has 0 aromatic carbocycles. The number of aromatic nitrogens is 2. The highest BCUT2D eigenvalue weighted by molar-refractivity contribution is 7.09. The first kappa shape index (κ1) is 12.8. The minimum atomic E-state index is 0.288. The fourth-order valence-corrected chi connectivity index (χ4v) is 3.19. The second-order valence-electron chi connectivity index (χ2n) is 5.07. The number of hydrogen-bond donors (Lipinski definition) is 2. The molecule has 1 aromatic rings. The zero-order valence-corrected chi connectivity index (χ0v) is 11.3. The minimum absolute atomic E-state index is 0.288. The SMILES string of the molecule is CC(C)c1nsc(NC2CCCC2CCO)n1. The Morgan fingerprint density at radius 2 is 2.29 bits per heavy atom. The first-order valence-corrected chi connectivity index (χ1v) is 7.19. The molecule has 0 bridgehead atoms. The highest BCUT2D eigenvalue weighted by Crippen LogP contribution is 2.31. The topological polar surface area (TPSA) is 58.0 Å². The lowest BCUT2D eigenvalue weighted by Crippen LogP contribution is -2.24. The molecule has 0 amide bonds. The quantitative estimate of drug-likeness (QED) is 0.849. The Kier molecular flexibility index (Phi) is 4.34. The second kappa shape index (κ2) is 5.78. The van der Waals surface area contributed by atoms with Gasteiger partial charge in [-0.3, -0.25) is 0 Å². The molecule has 96 valence electrons. The van der Waals surface area contributed by atoms with Crippen LogP contribution in [0.25, 0.3) is 0 Å². The average molecular weight is 255 g/mol. The van der Waals surface area contributed by atoms with E-state index in [4.69, 9.17) is 5.11 Å². The molecule has 5 heteroatoms. The fraction of sp³-hybridized carbons (Fsp3) is 0.833. The first-order valence-electron chi connectivity index (χ1n) is 6.41. The van der Waals surface area contributed by atoms with Gasteiger partial charge in [0.15, 0.2) is 0 Å². The number of rotatable bonds is 5. The summed E-state index contributed by atoms with van der Waals surface area (Å²) in [4.78, 5) is 4.50. The van der Waals surface area contributed by atoms with E-state index in [1.54, 1.807) is 0 Å². The van der Waals surface area contributed by atoms with Gasteiger partial charge in [-0.1, -0.05) is 20.3 Å². The van der Waals surface area contributed by atoms with Gasteiger partial charge in [-0.2, -0.15) is 4.37 Å². The number of aliphatic hydroxyl groups is 1. The first-order chi connectivity index (χ1) is 8.20. The summed E-state index contributed by atoms with van der Waals surface area (Å²) in [7, 11) is 0. The van der Waals surface area contributed by atoms with Crippen molar-refractivity contribution < 1.29 is 5.11 Å². The van der Waals surface area contributed by atoms with Crippen LogP contribution in [0.4, 0.5) is 5.13 Å². The number of nitrogens with zero attached hydrogens (tertiary/aromatic N) is 2. The predicted octanol–water partition coefficient (Wildman–Crippen LogP) is 2.62. The van der Waals surface area contributed by atoms with Gasteiger partial charge in [-0.05, 0) is 25.2 Å². The third kappa shape index (κ3) is 3.16. The van der Waals surface area contributed by atoms with Crippen LogP contribution in [0.3, 0.4) is 0 Å². The Balaban J connectivity index is 1.94. The number of aliphatic hydroxyl groups excluding tert-OH is 1. The molecule has 2 unspecified atom stereocenters. The van der Waals surface area contributed by atoms with E-state index >= 15 is 0 Å². The Hall–Kier alpha value is -0.680. The number of anilines is 1. The maximum absolute atomic E-state index is 9.03. The fourth-order valence-electron chi connectivity index (χ4n) is 2.42. The number of hydrogen-bond acceptors (Lipinski definition) is 5. The van der Waals surface area contributed by atoms with Crippen molar-refractivity contribution in [2.75, 3.05) is 11.9 Å². The summed E-state index contributed by atoms with van der Waals surface area (Å²) < 4.78 is 4.35. The maximum atomic E-state index is 9.03. The largest absolute Gasteiger partial charge is 0.396 e. The lowest BCUT2D eigenvalue weighted by molar-refractivity contribution is 0.254. The smallest absolute Gasteiger partial charge is 0.202 e. The average Bonchev–Trinajstić information content (AvgIpc) is 2.90. The van der Waals surface area contributed by atoms with Gasteiger partial charge in [0, 0.05) is 30.1 Å². The molecule has 0 radical (unpaired) electrons. The van der Waals surface area contributed by atoms with Crippen molar-refractivity contribution in [2.45, 2.75) is 51.5 Å². The molecular formula is C12H21N3OS. The molecule has 0 aliphatic heterocycles. The van der Waals surface area contributed by atoms with E-state index in [1.807, 2.05) is 0 Å².